The number of carbonyl (C=O) groups excluding carboxylic acids is 2. The van der Waals surface area contributed by atoms with Gasteiger partial charge in [0.1, 0.15) is 17.5 Å². The van der Waals surface area contributed by atoms with E-state index >= 15 is 0 Å². The van der Waals surface area contributed by atoms with Gasteiger partial charge in [-0.1, -0.05) is 59.9 Å². The van der Waals surface area contributed by atoms with E-state index in [4.69, 9.17) is 19.2 Å². The number of thiazole rings is 1. The first-order chi connectivity index (χ1) is 21.3. The number of methoxy groups -OCH3 is 1. The van der Waals surface area contributed by atoms with Gasteiger partial charge >= 0.3 is 5.97 Å². The summed E-state index contributed by atoms with van der Waals surface area (Å²) in [5.41, 5.74) is 2.03. The van der Waals surface area contributed by atoms with Gasteiger partial charge in [-0.25, -0.2) is 9.79 Å². The van der Waals surface area contributed by atoms with Crippen LogP contribution in [0.15, 0.2) is 81.7 Å². The number of allylic oxidation sites excluding steroid dienone is 1. The summed E-state index contributed by atoms with van der Waals surface area (Å²) >= 11 is 1.24. The molecule has 0 aliphatic carbocycles. The summed E-state index contributed by atoms with van der Waals surface area (Å²) in [6, 6.07) is 18.1. The zero-order valence-electron chi connectivity index (χ0n) is 25.5. The molecule has 9 nitrogen and oxygen atoms in total. The molecule has 1 aliphatic heterocycles. The Morgan fingerprint density at radius 2 is 1.73 bits per heavy atom. The van der Waals surface area contributed by atoms with Gasteiger partial charge in [-0.05, 0) is 56.7 Å². The van der Waals surface area contributed by atoms with Crippen LogP contribution in [-0.2, 0) is 14.3 Å². The fourth-order valence-electron chi connectivity index (χ4n) is 5.48. The van der Waals surface area contributed by atoms with Gasteiger partial charge in [0.15, 0.2) is 11.4 Å². The van der Waals surface area contributed by atoms with Crippen molar-refractivity contribution in [3.05, 3.63) is 103 Å². The second-order valence-electron chi connectivity index (χ2n) is 10.1. The quantitative estimate of drug-likeness (QED) is 0.249. The first-order valence-electron chi connectivity index (χ1n) is 14.6. The maximum atomic E-state index is 14.4. The summed E-state index contributed by atoms with van der Waals surface area (Å²) in [7, 11) is 1.57. The number of benzene rings is 3. The van der Waals surface area contributed by atoms with E-state index in [1.54, 1.807) is 35.6 Å². The van der Waals surface area contributed by atoms with Crippen molar-refractivity contribution in [1.82, 2.24) is 9.47 Å². The summed E-state index contributed by atoms with van der Waals surface area (Å²) in [6.07, 6.45) is 1.77. The molecule has 1 aromatic heterocycles. The van der Waals surface area contributed by atoms with E-state index in [1.165, 1.54) is 11.3 Å². The molecule has 0 fully saturated rings. The molecule has 2 heterocycles. The molecule has 5 rings (SSSR count). The van der Waals surface area contributed by atoms with Crippen molar-refractivity contribution < 1.29 is 23.8 Å². The van der Waals surface area contributed by atoms with Gasteiger partial charge in [-0.2, -0.15) is 0 Å². The number of nitrogens with zero attached hydrogens (tertiary/aromatic N) is 3. The molecule has 0 bridgehead atoms. The summed E-state index contributed by atoms with van der Waals surface area (Å²) in [4.78, 5) is 47.4. The molecule has 4 aromatic rings. The Kier molecular flexibility index (Phi) is 9.29. The van der Waals surface area contributed by atoms with E-state index < -0.39 is 12.0 Å². The average Bonchev–Trinajstić information content (AvgIpc) is 3.34. The lowest BCUT2D eigenvalue weighted by Crippen LogP contribution is -2.43. The van der Waals surface area contributed by atoms with Crippen LogP contribution in [-0.4, -0.2) is 54.8 Å². The molecule has 3 aromatic carbocycles. The number of amides is 1. The van der Waals surface area contributed by atoms with Crippen LogP contribution in [0.25, 0.3) is 16.8 Å². The Labute approximate surface area is 259 Å². The number of likely N-dealkylation sites (N-methyl/N-ethyl adjacent to an activating group) is 1. The largest absolute Gasteiger partial charge is 0.496 e. The molecule has 44 heavy (non-hydrogen) atoms. The minimum atomic E-state index is -0.746. The van der Waals surface area contributed by atoms with Crippen molar-refractivity contribution in [2.75, 3.05) is 33.4 Å². The van der Waals surface area contributed by atoms with Crippen molar-refractivity contribution in [2.45, 2.75) is 33.7 Å². The van der Waals surface area contributed by atoms with E-state index in [-0.39, 0.29) is 24.7 Å². The summed E-state index contributed by atoms with van der Waals surface area (Å²) in [5.74, 6) is 0.349. The molecular weight excluding hydrogens is 578 g/mol. The molecule has 228 valence electrons. The Morgan fingerprint density at radius 1 is 1.00 bits per heavy atom. The van der Waals surface area contributed by atoms with Gasteiger partial charge in [0.05, 0.1) is 29.5 Å². The van der Waals surface area contributed by atoms with E-state index in [1.807, 2.05) is 75.4 Å². The van der Waals surface area contributed by atoms with Crippen molar-refractivity contribution in [3.63, 3.8) is 0 Å². The van der Waals surface area contributed by atoms with Crippen molar-refractivity contribution in [3.8, 4) is 11.5 Å². The normalized spacial score (nSPS) is 14.7. The molecule has 0 unspecified atom stereocenters. The Hall–Kier alpha value is -4.70. The molecule has 1 amide bonds. The number of para-hydroxylation sites is 1. The highest BCUT2D eigenvalue weighted by atomic mass is 32.1. The number of ether oxygens (including phenoxy) is 3. The number of hydrogen-bond acceptors (Lipinski definition) is 8. The highest BCUT2D eigenvalue weighted by molar-refractivity contribution is 7.07. The topological polar surface area (TPSA) is 99.4 Å². The average molecular weight is 614 g/mol. The highest BCUT2D eigenvalue weighted by Gasteiger charge is 2.35. The monoisotopic (exact) mass is 613 g/mol. The van der Waals surface area contributed by atoms with Crippen LogP contribution in [0.2, 0.25) is 0 Å². The molecule has 1 aliphatic rings. The number of carbonyl (C=O) groups is 2. The van der Waals surface area contributed by atoms with Crippen LogP contribution in [0.5, 0.6) is 11.5 Å². The SMILES string of the molecule is CCOC(=O)COc1ccc2ccccc2c1/C=c1/sc2n(c1=O)[C@H](c1ccccc1OC)C(C(=O)N(CC)CC)=C(C)N=2. The maximum absolute atomic E-state index is 14.4. The van der Waals surface area contributed by atoms with Crippen LogP contribution in [0.1, 0.15) is 44.9 Å². The van der Waals surface area contributed by atoms with Gasteiger partial charge in [-0.15, -0.1) is 0 Å². The molecular formula is C34H35N3O6S. The lowest BCUT2D eigenvalue weighted by atomic mass is 9.94. The van der Waals surface area contributed by atoms with Crippen LogP contribution < -0.4 is 24.4 Å². The number of aromatic nitrogens is 1. The van der Waals surface area contributed by atoms with Gasteiger partial charge in [0.2, 0.25) is 0 Å². The minimum Gasteiger partial charge on any atom is -0.496 e. The second kappa shape index (κ2) is 13.3. The van der Waals surface area contributed by atoms with Crippen molar-refractivity contribution in [1.29, 1.82) is 0 Å². The summed E-state index contributed by atoms with van der Waals surface area (Å²) in [5, 5.41) is 1.81. The van der Waals surface area contributed by atoms with Crippen LogP contribution >= 0.6 is 11.3 Å². The predicted molar refractivity (Wildman–Crippen MR) is 171 cm³/mol. The van der Waals surface area contributed by atoms with Crippen molar-refractivity contribution >= 4 is 40.1 Å². The number of rotatable bonds is 10. The summed E-state index contributed by atoms with van der Waals surface area (Å²) < 4.78 is 18.6. The molecule has 0 N–H and O–H groups in total. The van der Waals surface area contributed by atoms with E-state index in [2.05, 4.69) is 0 Å². The number of fused-ring (bicyclic) bond motifs is 2. The zero-order chi connectivity index (χ0) is 31.4. The minimum absolute atomic E-state index is 0.176. The van der Waals surface area contributed by atoms with Crippen LogP contribution in [0, 0.1) is 0 Å². The zero-order valence-corrected chi connectivity index (χ0v) is 26.3. The smallest absolute Gasteiger partial charge is 0.344 e. The highest BCUT2D eigenvalue weighted by Crippen LogP contribution is 2.36. The fourth-order valence-corrected chi connectivity index (χ4v) is 6.51. The fraction of sp³-hybridized carbons (Fsp3) is 0.294. The van der Waals surface area contributed by atoms with Gasteiger partial charge < -0.3 is 19.1 Å². The lowest BCUT2D eigenvalue weighted by Gasteiger charge is -2.29. The van der Waals surface area contributed by atoms with E-state index in [9.17, 15) is 14.4 Å². The Bertz CT molecular complexity index is 1940. The summed E-state index contributed by atoms with van der Waals surface area (Å²) in [6.45, 7) is 8.42. The van der Waals surface area contributed by atoms with E-state index in [0.717, 1.165) is 10.8 Å². The van der Waals surface area contributed by atoms with Crippen LogP contribution in [0.4, 0.5) is 0 Å². The first kappa shape index (κ1) is 30.7. The molecule has 10 heteroatoms. The number of hydrogen-bond donors (Lipinski definition) is 0. The second-order valence-corrected chi connectivity index (χ2v) is 11.1. The van der Waals surface area contributed by atoms with Gasteiger partial charge in [0.25, 0.3) is 11.5 Å². The Morgan fingerprint density at radius 3 is 2.45 bits per heavy atom. The molecule has 0 spiro atoms. The third kappa shape index (κ3) is 5.77. The standard InChI is InChI=1S/C34H35N3O6S/c1-6-36(7-2)33(40)30-21(4)35-34-37(31(30)24-15-11-12-16-26(24)41-5)32(39)28(44-34)19-25-23-14-10-9-13-22(23)17-18-27(25)43-20-29(38)42-8-3/h9-19,31H,6-8,20H2,1-5H3/b28-19+/t31-/m1/s1. The van der Waals surface area contributed by atoms with Gasteiger partial charge in [-0.3, -0.25) is 14.2 Å². The molecule has 1 atom stereocenters. The number of esters is 1. The Balaban J connectivity index is 1.74. The molecule has 0 saturated carbocycles. The maximum Gasteiger partial charge on any atom is 0.344 e. The molecule has 0 radical (unpaired) electrons. The van der Waals surface area contributed by atoms with Crippen LogP contribution in [0.3, 0.4) is 0 Å². The third-order valence-electron chi connectivity index (χ3n) is 7.59. The van der Waals surface area contributed by atoms with Crippen molar-refractivity contribution in [2.24, 2.45) is 4.99 Å². The third-order valence-corrected chi connectivity index (χ3v) is 8.58. The van der Waals surface area contributed by atoms with E-state index in [0.29, 0.717) is 56.3 Å². The predicted octanol–water partition coefficient (Wildman–Crippen LogP) is 4.21. The molecule has 0 saturated heterocycles. The first-order valence-corrected chi connectivity index (χ1v) is 15.4. The van der Waals surface area contributed by atoms with Gasteiger partial charge in [0, 0.05) is 24.2 Å². The lowest BCUT2D eigenvalue weighted by molar-refractivity contribution is -0.145.